The molecule has 0 atom stereocenters. The number of hydrogen-bond donors (Lipinski definition) is 2. The van der Waals surface area contributed by atoms with Gasteiger partial charge in [-0.15, -0.1) is 0 Å². The van der Waals surface area contributed by atoms with E-state index in [-0.39, 0.29) is 5.96 Å². The number of para-hydroxylation sites is 1. The highest BCUT2D eigenvalue weighted by Crippen LogP contribution is 2.33. The number of rotatable bonds is 4. The van der Waals surface area contributed by atoms with Crippen molar-refractivity contribution in [3.05, 3.63) is 48.0 Å². The normalized spacial score (nSPS) is 11.5. The van der Waals surface area contributed by atoms with Crippen LogP contribution in [0.2, 0.25) is 0 Å². The van der Waals surface area contributed by atoms with Crippen molar-refractivity contribution in [2.24, 2.45) is 34.8 Å². The number of aliphatic imine (C=N–C) groups is 1. The second-order valence-corrected chi connectivity index (χ2v) is 8.52. The molecule has 0 saturated carbocycles. The Morgan fingerprint density at radius 2 is 1.63 bits per heavy atom. The molecule has 27 heavy (non-hydrogen) atoms. The minimum Gasteiger partial charge on any atom is -0.370 e. The summed E-state index contributed by atoms with van der Waals surface area (Å²) in [6.07, 6.45) is 2.41. The van der Waals surface area contributed by atoms with Crippen molar-refractivity contribution in [3.63, 3.8) is 0 Å². The SMILES string of the molecule is CC(C)CC(C)(C)Cc1ccc2c(c1)c1ccccc1n2C.CN=C(N)N. The number of nitrogens with two attached hydrogens (primary N) is 2. The molecule has 0 aliphatic rings. The molecule has 0 fully saturated rings. The second-order valence-electron chi connectivity index (χ2n) is 8.52. The van der Waals surface area contributed by atoms with E-state index in [1.165, 1.54) is 40.8 Å². The van der Waals surface area contributed by atoms with Gasteiger partial charge in [0.05, 0.1) is 0 Å². The van der Waals surface area contributed by atoms with E-state index in [2.05, 4.69) is 86.8 Å². The molecule has 4 N–H and O–H groups in total. The largest absolute Gasteiger partial charge is 0.370 e. The lowest BCUT2D eigenvalue weighted by Gasteiger charge is -2.27. The Morgan fingerprint density at radius 3 is 2.22 bits per heavy atom. The van der Waals surface area contributed by atoms with Crippen LogP contribution >= 0.6 is 0 Å². The first kappa shape index (κ1) is 20.8. The van der Waals surface area contributed by atoms with Crippen LogP contribution in [0.1, 0.15) is 39.7 Å². The van der Waals surface area contributed by atoms with Crippen LogP contribution in [0.25, 0.3) is 21.8 Å². The lowest BCUT2D eigenvalue weighted by Crippen LogP contribution is -2.21. The molecule has 0 aliphatic heterocycles. The third-order valence-electron chi connectivity index (χ3n) is 4.88. The van der Waals surface area contributed by atoms with Crippen LogP contribution in [0.3, 0.4) is 0 Å². The molecule has 2 aromatic carbocycles. The van der Waals surface area contributed by atoms with E-state index in [4.69, 9.17) is 11.5 Å². The Kier molecular flexibility index (Phi) is 6.53. The van der Waals surface area contributed by atoms with E-state index in [1.54, 1.807) is 0 Å². The van der Waals surface area contributed by atoms with Crippen molar-refractivity contribution in [2.45, 2.75) is 40.5 Å². The quantitative estimate of drug-likeness (QED) is 0.512. The molecule has 1 heterocycles. The van der Waals surface area contributed by atoms with E-state index in [9.17, 15) is 0 Å². The monoisotopic (exact) mass is 366 g/mol. The van der Waals surface area contributed by atoms with Crippen molar-refractivity contribution in [3.8, 4) is 0 Å². The molecular weight excluding hydrogens is 332 g/mol. The molecule has 0 radical (unpaired) electrons. The maximum absolute atomic E-state index is 4.82. The van der Waals surface area contributed by atoms with Crippen molar-refractivity contribution >= 4 is 27.8 Å². The summed E-state index contributed by atoms with van der Waals surface area (Å²) in [7, 11) is 3.70. The first-order valence-electron chi connectivity index (χ1n) is 9.58. The number of nitrogens with zero attached hydrogens (tertiary/aromatic N) is 2. The fourth-order valence-corrected chi connectivity index (χ4v) is 4.05. The second kappa shape index (κ2) is 8.47. The Balaban J connectivity index is 0.000000465. The maximum Gasteiger partial charge on any atom is 0.185 e. The third kappa shape index (κ3) is 5.25. The summed E-state index contributed by atoms with van der Waals surface area (Å²) in [6.45, 7) is 9.41. The maximum atomic E-state index is 4.82. The topological polar surface area (TPSA) is 69.3 Å². The molecule has 0 saturated heterocycles. The highest BCUT2D eigenvalue weighted by atomic mass is 15.0. The number of benzene rings is 2. The lowest BCUT2D eigenvalue weighted by molar-refractivity contribution is 0.285. The molecule has 0 bridgehead atoms. The molecule has 3 aromatic rings. The number of guanidine groups is 1. The fourth-order valence-electron chi connectivity index (χ4n) is 4.05. The van der Waals surface area contributed by atoms with Gasteiger partial charge in [0.15, 0.2) is 5.96 Å². The van der Waals surface area contributed by atoms with Gasteiger partial charge in [-0.2, -0.15) is 0 Å². The number of hydrogen-bond acceptors (Lipinski definition) is 1. The average molecular weight is 367 g/mol. The fraction of sp³-hybridized carbons (Fsp3) is 0.435. The van der Waals surface area contributed by atoms with Gasteiger partial charge in [-0.25, -0.2) is 0 Å². The van der Waals surface area contributed by atoms with Gasteiger partial charge in [-0.3, -0.25) is 4.99 Å². The molecule has 0 aliphatic carbocycles. The first-order valence-corrected chi connectivity index (χ1v) is 9.58. The first-order chi connectivity index (χ1) is 12.6. The predicted octanol–water partition coefficient (Wildman–Crippen LogP) is 4.84. The van der Waals surface area contributed by atoms with Gasteiger partial charge in [-0.05, 0) is 47.9 Å². The zero-order chi connectivity index (χ0) is 20.2. The van der Waals surface area contributed by atoms with Gasteiger partial charge in [0.2, 0.25) is 0 Å². The van der Waals surface area contributed by atoms with Crippen LogP contribution in [0, 0.1) is 11.3 Å². The Hall–Kier alpha value is -2.49. The molecule has 0 unspecified atom stereocenters. The minimum absolute atomic E-state index is 0.130. The summed E-state index contributed by atoms with van der Waals surface area (Å²) in [5.41, 5.74) is 14.1. The zero-order valence-corrected chi connectivity index (χ0v) is 17.6. The highest BCUT2D eigenvalue weighted by Gasteiger charge is 2.20. The standard InChI is InChI=1S/C21H27N.C2H7N3/c1-15(2)13-21(3,4)14-16-10-11-20-18(12-16)17-8-6-7-9-19(17)22(20)5;1-5-2(3)4/h6-12,15H,13-14H2,1-5H3;1H3,(H4,3,4,5). The molecule has 3 rings (SSSR count). The van der Waals surface area contributed by atoms with Crippen molar-refractivity contribution < 1.29 is 0 Å². The summed E-state index contributed by atoms with van der Waals surface area (Å²) in [4.78, 5) is 3.36. The van der Waals surface area contributed by atoms with Crippen LogP contribution in [-0.4, -0.2) is 17.6 Å². The Bertz CT molecular complexity index is 928. The van der Waals surface area contributed by atoms with Crippen LogP contribution in [0.5, 0.6) is 0 Å². The van der Waals surface area contributed by atoms with Gasteiger partial charge < -0.3 is 16.0 Å². The molecule has 146 valence electrons. The smallest absolute Gasteiger partial charge is 0.185 e. The van der Waals surface area contributed by atoms with E-state index >= 15 is 0 Å². The summed E-state index contributed by atoms with van der Waals surface area (Å²) < 4.78 is 2.30. The van der Waals surface area contributed by atoms with E-state index < -0.39 is 0 Å². The summed E-state index contributed by atoms with van der Waals surface area (Å²) in [6, 6.07) is 15.7. The molecule has 0 amide bonds. The van der Waals surface area contributed by atoms with Gasteiger partial charge in [0, 0.05) is 35.9 Å². The van der Waals surface area contributed by atoms with Crippen LogP contribution in [-0.2, 0) is 13.5 Å². The predicted molar refractivity (Wildman–Crippen MR) is 119 cm³/mol. The number of aryl methyl sites for hydroxylation is 1. The highest BCUT2D eigenvalue weighted by molar-refractivity contribution is 6.08. The number of aromatic nitrogens is 1. The molecular formula is C23H34N4. The van der Waals surface area contributed by atoms with Crippen LogP contribution in [0.15, 0.2) is 47.5 Å². The van der Waals surface area contributed by atoms with Gasteiger partial charge >= 0.3 is 0 Å². The average Bonchev–Trinajstić information content (AvgIpc) is 2.86. The van der Waals surface area contributed by atoms with Gasteiger partial charge in [0.25, 0.3) is 0 Å². The molecule has 1 aromatic heterocycles. The molecule has 4 nitrogen and oxygen atoms in total. The van der Waals surface area contributed by atoms with E-state index in [0.29, 0.717) is 5.41 Å². The summed E-state index contributed by atoms with van der Waals surface area (Å²) >= 11 is 0. The summed E-state index contributed by atoms with van der Waals surface area (Å²) in [5.74, 6) is 0.876. The Morgan fingerprint density at radius 1 is 1.04 bits per heavy atom. The lowest BCUT2D eigenvalue weighted by atomic mass is 9.79. The van der Waals surface area contributed by atoms with Crippen molar-refractivity contribution in [1.29, 1.82) is 0 Å². The van der Waals surface area contributed by atoms with Gasteiger partial charge in [-0.1, -0.05) is 52.0 Å². The molecule has 4 heteroatoms. The summed E-state index contributed by atoms with van der Waals surface area (Å²) in [5, 5.41) is 2.75. The molecule has 0 spiro atoms. The number of fused-ring (bicyclic) bond motifs is 3. The van der Waals surface area contributed by atoms with E-state index in [0.717, 1.165) is 12.3 Å². The third-order valence-corrected chi connectivity index (χ3v) is 4.88. The van der Waals surface area contributed by atoms with Crippen LogP contribution in [0.4, 0.5) is 0 Å². The zero-order valence-electron chi connectivity index (χ0n) is 17.6. The van der Waals surface area contributed by atoms with E-state index in [1.807, 2.05) is 0 Å². The van der Waals surface area contributed by atoms with Crippen LogP contribution < -0.4 is 11.5 Å². The van der Waals surface area contributed by atoms with Gasteiger partial charge in [0.1, 0.15) is 0 Å². The van der Waals surface area contributed by atoms with Crippen molar-refractivity contribution in [2.75, 3.05) is 7.05 Å². The Labute approximate surface area is 163 Å². The minimum atomic E-state index is 0.130. The van der Waals surface area contributed by atoms with Crippen molar-refractivity contribution in [1.82, 2.24) is 4.57 Å².